The molecule has 0 rings (SSSR count). The minimum absolute atomic E-state index is 0.844. The highest BCUT2D eigenvalue weighted by Crippen LogP contribution is 1.64. The Morgan fingerprint density at radius 3 is 1.33 bits per heavy atom. The first kappa shape index (κ1) is 11.4. The molecule has 0 saturated heterocycles. The monoisotopic (exact) mass is 132 g/mol. The van der Waals surface area contributed by atoms with Crippen LogP contribution in [-0.4, -0.2) is 27.3 Å². The van der Waals surface area contributed by atoms with Crippen molar-refractivity contribution in [1.82, 2.24) is 0 Å². The third-order valence-electron chi connectivity index (χ3n) is 0.608. The number of azo groups is 1. The summed E-state index contributed by atoms with van der Waals surface area (Å²) in [5.41, 5.74) is 0. The summed E-state index contributed by atoms with van der Waals surface area (Å²) < 4.78 is 4.83. The molecular formula is C6H16N2O. The Morgan fingerprint density at radius 1 is 1.00 bits per heavy atom. The van der Waals surface area contributed by atoms with E-state index in [9.17, 15) is 0 Å². The van der Waals surface area contributed by atoms with E-state index < -0.39 is 0 Å². The zero-order chi connectivity index (χ0) is 7.54. The molecule has 0 aliphatic carbocycles. The highest BCUT2D eigenvalue weighted by molar-refractivity contribution is 4.07. The van der Waals surface area contributed by atoms with Gasteiger partial charge in [0.15, 0.2) is 0 Å². The van der Waals surface area contributed by atoms with Crippen molar-refractivity contribution in [2.75, 3.05) is 27.3 Å². The molecule has 0 saturated carbocycles. The Labute approximate surface area is 57.1 Å². The summed E-state index contributed by atoms with van der Waals surface area (Å²) in [6.07, 6.45) is 0. The van der Waals surface area contributed by atoms with E-state index in [-0.39, 0.29) is 0 Å². The molecule has 0 aromatic carbocycles. The van der Waals surface area contributed by atoms with Gasteiger partial charge in [-0.25, -0.2) is 0 Å². The molecule has 0 bridgehead atoms. The van der Waals surface area contributed by atoms with Crippen molar-refractivity contribution in [2.45, 2.75) is 13.8 Å². The van der Waals surface area contributed by atoms with Gasteiger partial charge in [0.2, 0.25) is 0 Å². The van der Waals surface area contributed by atoms with E-state index in [1.165, 1.54) is 0 Å². The molecule has 9 heavy (non-hydrogen) atoms. The van der Waals surface area contributed by atoms with Crippen molar-refractivity contribution in [2.24, 2.45) is 10.2 Å². The lowest BCUT2D eigenvalue weighted by Gasteiger charge is -1.86. The van der Waals surface area contributed by atoms with Gasteiger partial charge in [0.1, 0.15) is 0 Å². The third kappa shape index (κ3) is 35.7. The van der Waals surface area contributed by atoms with Crippen molar-refractivity contribution in [3.8, 4) is 0 Å². The van der Waals surface area contributed by atoms with E-state index in [1.807, 2.05) is 13.8 Å². The van der Waals surface area contributed by atoms with E-state index >= 15 is 0 Å². The van der Waals surface area contributed by atoms with Crippen LogP contribution in [0.15, 0.2) is 10.2 Å². The predicted molar refractivity (Wildman–Crippen MR) is 38.9 cm³/mol. The highest BCUT2D eigenvalue weighted by atomic mass is 16.5. The van der Waals surface area contributed by atoms with Crippen LogP contribution in [0.5, 0.6) is 0 Å². The minimum atomic E-state index is 0.844. The molecule has 0 N–H and O–H groups in total. The van der Waals surface area contributed by atoms with Crippen molar-refractivity contribution >= 4 is 0 Å². The minimum Gasteiger partial charge on any atom is -0.382 e. The largest absolute Gasteiger partial charge is 0.382 e. The summed E-state index contributed by atoms with van der Waals surface area (Å²) in [6, 6.07) is 0. The average Bonchev–Trinajstić information content (AvgIpc) is 1.91. The number of rotatable bonds is 2. The van der Waals surface area contributed by atoms with E-state index in [2.05, 4.69) is 10.2 Å². The van der Waals surface area contributed by atoms with E-state index in [0.717, 1.165) is 13.2 Å². The van der Waals surface area contributed by atoms with Crippen LogP contribution in [0.1, 0.15) is 13.8 Å². The average molecular weight is 132 g/mol. The molecular weight excluding hydrogens is 116 g/mol. The topological polar surface area (TPSA) is 34.0 Å². The normalized spacial score (nSPS) is 8.89. The molecule has 3 heteroatoms. The maximum Gasteiger partial charge on any atom is 0.0487 e. The second-order valence-electron chi connectivity index (χ2n) is 1.18. The van der Waals surface area contributed by atoms with Gasteiger partial charge in [-0.3, -0.25) is 0 Å². The Balaban J connectivity index is 0. The van der Waals surface area contributed by atoms with Crippen LogP contribution in [0.2, 0.25) is 0 Å². The van der Waals surface area contributed by atoms with Gasteiger partial charge >= 0.3 is 0 Å². The lowest BCUT2D eigenvalue weighted by Crippen LogP contribution is -1.84. The van der Waals surface area contributed by atoms with Crippen LogP contribution >= 0.6 is 0 Å². The lowest BCUT2D eigenvalue weighted by atomic mass is 10.8. The maximum absolute atomic E-state index is 4.83. The molecule has 0 heterocycles. The Kier molecular flexibility index (Phi) is 19.8. The third-order valence-corrected chi connectivity index (χ3v) is 0.608. The van der Waals surface area contributed by atoms with Gasteiger partial charge in [0.25, 0.3) is 0 Å². The quantitative estimate of drug-likeness (QED) is 0.527. The summed E-state index contributed by atoms with van der Waals surface area (Å²) in [5, 5.41) is 6.72. The van der Waals surface area contributed by atoms with E-state index in [1.54, 1.807) is 14.1 Å². The summed E-state index contributed by atoms with van der Waals surface area (Å²) in [5.74, 6) is 0. The standard InChI is InChI=1S/C4H10O.C2H6N2/c1-3-5-4-2;1-3-4-2/h3-4H2,1-2H3;1-2H3. The fourth-order valence-electron chi connectivity index (χ4n) is 0.204. The molecule has 0 aliphatic heterocycles. The lowest BCUT2D eigenvalue weighted by molar-refractivity contribution is 0.162. The van der Waals surface area contributed by atoms with Gasteiger partial charge in [-0.05, 0) is 13.8 Å². The number of nitrogens with zero attached hydrogens (tertiary/aromatic N) is 2. The zero-order valence-electron chi connectivity index (χ0n) is 6.72. The van der Waals surface area contributed by atoms with Crippen molar-refractivity contribution < 1.29 is 4.74 Å². The molecule has 0 aromatic heterocycles. The first-order chi connectivity index (χ1) is 4.33. The molecule has 56 valence electrons. The number of hydrogen-bond acceptors (Lipinski definition) is 3. The van der Waals surface area contributed by atoms with Crippen LogP contribution < -0.4 is 0 Å². The smallest absolute Gasteiger partial charge is 0.0487 e. The summed E-state index contributed by atoms with van der Waals surface area (Å²) in [7, 11) is 3.28. The second kappa shape index (κ2) is 15.6. The zero-order valence-corrected chi connectivity index (χ0v) is 6.72. The second-order valence-corrected chi connectivity index (χ2v) is 1.18. The van der Waals surface area contributed by atoms with Crippen LogP contribution in [-0.2, 0) is 4.74 Å². The first-order valence-corrected chi connectivity index (χ1v) is 3.09. The molecule has 0 aliphatic rings. The molecule has 3 nitrogen and oxygen atoms in total. The summed E-state index contributed by atoms with van der Waals surface area (Å²) in [6.45, 7) is 5.67. The van der Waals surface area contributed by atoms with Gasteiger partial charge in [-0.1, -0.05) is 0 Å². The van der Waals surface area contributed by atoms with Gasteiger partial charge in [-0.15, -0.1) is 0 Å². The number of hydrogen-bond donors (Lipinski definition) is 0. The molecule has 0 unspecified atom stereocenters. The van der Waals surface area contributed by atoms with E-state index in [4.69, 9.17) is 4.74 Å². The van der Waals surface area contributed by atoms with Gasteiger partial charge in [-0.2, -0.15) is 10.2 Å². The number of ether oxygens (including phenoxy) is 1. The fourth-order valence-corrected chi connectivity index (χ4v) is 0.204. The fraction of sp³-hybridized carbons (Fsp3) is 1.00. The van der Waals surface area contributed by atoms with Gasteiger partial charge < -0.3 is 4.74 Å². The molecule has 0 aromatic rings. The molecule has 0 amide bonds. The Morgan fingerprint density at radius 2 is 1.33 bits per heavy atom. The Hall–Kier alpha value is -0.440. The van der Waals surface area contributed by atoms with Crippen molar-refractivity contribution in [1.29, 1.82) is 0 Å². The molecule has 0 atom stereocenters. The van der Waals surface area contributed by atoms with Crippen molar-refractivity contribution in [3.05, 3.63) is 0 Å². The molecule has 0 radical (unpaired) electrons. The van der Waals surface area contributed by atoms with Crippen LogP contribution in [0.3, 0.4) is 0 Å². The van der Waals surface area contributed by atoms with E-state index in [0.29, 0.717) is 0 Å². The molecule has 0 spiro atoms. The first-order valence-electron chi connectivity index (χ1n) is 3.09. The van der Waals surface area contributed by atoms with Crippen LogP contribution in [0.4, 0.5) is 0 Å². The highest BCUT2D eigenvalue weighted by Gasteiger charge is 1.64. The van der Waals surface area contributed by atoms with Crippen LogP contribution in [0.25, 0.3) is 0 Å². The SMILES string of the molecule is CCOCC.CN=NC. The predicted octanol–water partition coefficient (Wildman–Crippen LogP) is 1.74. The summed E-state index contributed by atoms with van der Waals surface area (Å²) in [4.78, 5) is 0. The molecule has 0 fully saturated rings. The van der Waals surface area contributed by atoms with Crippen LogP contribution in [0, 0.1) is 0 Å². The Bertz CT molecular complexity index is 49.0. The maximum atomic E-state index is 4.83. The summed E-state index contributed by atoms with van der Waals surface area (Å²) >= 11 is 0. The van der Waals surface area contributed by atoms with Crippen molar-refractivity contribution in [3.63, 3.8) is 0 Å². The van der Waals surface area contributed by atoms with Gasteiger partial charge in [0.05, 0.1) is 0 Å². The van der Waals surface area contributed by atoms with Gasteiger partial charge in [0, 0.05) is 27.3 Å².